The molecule has 1 unspecified atom stereocenters. The number of carbonyl (C=O) groups excluding carboxylic acids is 1. The van der Waals surface area contributed by atoms with Crippen LogP contribution < -0.4 is 10.6 Å². The Labute approximate surface area is 124 Å². The van der Waals surface area contributed by atoms with E-state index in [4.69, 9.17) is 0 Å². The van der Waals surface area contributed by atoms with E-state index in [-0.39, 0.29) is 16.7 Å². The van der Waals surface area contributed by atoms with Crippen molar-refractivity contribution in [3.8, 4) is 0 Å². The van der Waals surface area contributed by atoms with E-state index >= 15 is 0 Å². The van der Waals surface area contributed by atoms with Gasteiger partial charge in [0.25, 0.3) is 5.91 Å². The van der Waals surface area contributed by atoms with Crippen LogP contribution >= 0.6 is 0 Å². The molecule has 0 radical (unpaired) electrons. The summed E-state index contributed by atoms with van der Waals surface area (Å²) in [6.07, 6.45) is 1.83. The van der Waals surface area contributed by atoms with Crippen LogP contribution in [0.3, 0.4) is 0 Å². The number of hydrogen-bond acceptors (Lipinski definition) is 2. The quantitative estimate of drug-likeness (QED) is 0.842. The van der Waals surface area contributed by atoms with Crippen LogP contribution in [0.4, 0.5) is 14.5 Å². The Morgan fingerprint density at radius 1 is 1.33 bits per heavy atom. The van der Waals surface area contributed by atoms with Crippen LogP contribution in [-0.2, 0) is 0 Å². The molecule has 0 bridgehead atoms. The molecule has 1 fully saturated rings. The molecule has 1 aromatic rings. The topological polar surface area (TPSA) is 41.1 Å². The molecule has 0 aliphatic heterocycles. The van der Waals surface area contributed by atoms with Crippen molar-refractivity contribution in [1.29, 1.82) is 0 Å². The summed E-state index contributed by atoms with van der Waals surface area (Å²) in [4.78, 5) is 12.0. The first kappa shape index (κ1) is 15.7. The summed E-state index contributed by atoms with van der Waals surface area (Å²) in [5.74, 6) is -1.46. The molecular formula is C16H22F2N2O. The minimum absolute atomic E-state index is 0.0190. The van der Waals surface area contributed by atoms with Crippen LogP contribution in [-0.4, -0.2) is 19.0 Å². The summed E-state index contributed by atoms with van der Waals surface area (Å²) in [7, 11) is 0. The van der Waals surface area contributed by atoms with E-state index in [2.05, 4.69) is 24.5 Å². The lowest BCUT2D eigenvalue weighted by Crippen LogP contribution is -2.27. The number of benzene rings is 1. The first-order chi connectivity index (χ1) is 9.85. The zero-order valence-electron chi connectivity index (χ0n) is 12.7. The van der Waals surface area contributed by atoms with Crippen LogP contribution in [0.2, 0.25) is 0 Å². The maximum Gasteiger partial charge on any atom is 0.251 e. The number of halogens is 2. The molecule has 1 aromatic carbocycles. The Bertz CT molecular complexity index is 520. The van der Waals surface area contributed by atoms with Crippen molar-refractivity contribution in [3.63, 3.8) is 0 Å². The van der Waals surface area contributed by atoms with Gasteiger partial charge in [-0.3, -0.25) is 4.79 Å². The van der Waals surface area contributed by atoms with Crippen molar-refractivity contribution in [3.05, 3.63) is 29.3 Å². The van der Waals surface area contributed by atoms with Crippen molar-refractivity contribution < 1.29 is 13.6 Å². The molecule has 0 heterocycles. The molecule has 1 saturated carbocycles. The fraction of sp³-hybridized carbons (Fsp3) is 0.562. The smallest absolute Gasteiger partial charge is 0.251 e. The number of amides is 1. The molecule has 21 heavy (non-hydrogen) atoms. The minimum atomic E-state index is -0.736. The molecule has 3 nitrogen and oxygen atoms in total. The highest BCUT2D eigenvalue weighted by atomic mass is 19.1. The third-order valence-corrected chi connectivity index (χ3v) is 4.08. The van der Waals surface area contributed by atoms with Crippen LogP contribution in [0.1, 0.15) is 44.0 Å². The maximum absolute atomic E-state index is 13.8. The SMILES string of the molecule is CCCNc1c(F)cc(C(=O)NCC2CC2(C)C)cc1F. The predicted molar refractivity (Wildman–Crippen MR) is 79.4 cm³/mol. The predicted octanol–water partition coefficient (Wildman–Crippen LogP) is 3.56. The normalized spacial score (nSPS) is 19.2. The largest absolute Gasteiger partial charge is 0.380 e. The monoisotopic (exact) mass is 296 g/mol. The van der Waals surface area contributed by atoms with Crippen molar-refractivity contribution in [1.82, 2.24) is 5.32 Å². The molecule has 0 aromatic heterocycles. The van der Waals surface area contributed by atoms with Gasteiger partial charge in [-0.25, -0.2) is 8.78 Å². The van der Waals surface area contributed by atoms with Crippen molar-refractivity contribution in [2.75, 3.05) is 18.4 Å². The van der Waals surface area contributed by atoms with E-state index in [0.29, 0.717) is 19.0 Å². The van der Waals surface area contributed by atoms with Gasteiger partial charge in [0.05, 0.1) is 0 Å². The lowest BCUT2D eigenvalue weighted by molar-refractivity contribution is 0.0949. The highest BCUT2D eigenvalue weighted by molar-refractivity contribution is 5.94. The van der Waals surface area contributed by atoms with Gasteiger partial charge in [-0.2, -0.15) is 0 Å². The molecule has 1 amide bonds. The molecule has 1 aliphatic rings. The van der Waals surface area contributed by atoms with Gasteiger partial charge in [-0.1, -0.05) is 20.8 Å². The van der Waals surface area contributed by atoms with E-state index in [1.54, 1.807) is 0 Å². The molecule has 2 N–H and O–H groups in total. The Morgan fingerprint density at radius 3 is 2.38 bits per heavy atom. The van der Waals surface area contributed by atoms with E-state index in [0.717, 1.165) is 25.0 Å². The van der Waals surface area contributed by atoms with E-state index < -0.39 is 17.5 Å². The number of anilines is 1. The molecule has 1 atom stereocenters. The second kappa shape index (κ2) is 6.00. The summed E-state index contributed by atoms with van der Waals surface area (Å²) in [6.45, 7) is 7.21. The summed E-state index contributed by atoms with van der Waals surface area (Å²) < 4.78 is 27.7. The average Bonchev–Trinajstić information content (AvgIpc) is 3.02. The van der Waals surface area contributed by atoms with Gasteiger partial charge in [-0.15, -0.1) is 0 Å². The highest BCUT2D eigenvalue weighted by Crippen LogP contribution is 2.50. The number of hydrogen-bond donors (Lipinski definition) is 2. The van der Waals surface area contributed by atoms with Crippen molar-refractivity contribution in [2.45, 2.75) is 33.6 Å². The van der Waals surface area contributed by atoms with Gasteiger partial charge < -0.3 is 10.6 Å². The molecule has 116 valence electrons. The zero-order chi connectivity index (χ0) is 15.6. The van der Waals surface area contributed by atoms with Crippen LogP contribution in [0.25, 0.3) is 0 Å². The average molecular weight is 296 g/mol. The van der Waals surface area contributed by atoms with E-state index in [1.165, 1.54) is 0 Å². The lowest BCUT2D eigenvalue weighted by Gasteiger charge is -2.11. The standard InChI is InChI=1S/C16H22F2N2O/c1-4-5-19-14-12(17)6-10(7-13(14)18)15(21)20-9-11-8-16(11,2)3/h6-7,11,19H,4-5,8-9H2,1-3H3,(H,20,21). The Hall–Kier alpha value is -1.65. The Kier molecular flexibility index (Phi) is 4.49. The lowest BCUT2D eigenvalue weighted by atomic mass is 10.1. The van der Waals surface area contributed by atoms with Gasteiger partial charge in [0.2, 0.25) is 0 Å². The maximum atomic E-state index is 13.8. The van der Waals surface area contributed by atoms with Crippen LogP contribution in [0, 0.1) is 23.0 Å². The zero-order valence-corrected chi connectivity index (χ0v) is 12.7. The first-order valence-corrected chi connectivity index (χ1v) is 7.36. The molecule has 5 heteroatoms. The second-order valence-corrected chi connectivity index (χ2v) is 6.34. The van der Waals surface area contributed by atoms with E-state index in [1.807, 2.05) is 6.92 Å². The Morgan fingerprint density at radius 2 is 1.90 bits per heavy atom. The summed E-state index contributed by atoms with van der Waals surface area (Å²) in [5.41, 5.74) is 0.111. The summed E-state index contributed by atoms with van der Waals surface area (Å²) in [6, 6.07) is 2.16. The molecule has 0 spiro atoms. The van der Waals surface area contributed by atoms with Gasteiger partial charge in [0, 0.05) is 18.7 Å². The summed E-state index contributed by atoms with van der Waals surface area (Å²) >= 11 is 0. The first-order valence-electron chi connectivity index (χ1n) is 7.36. The second-order valence-electron chi connectivity index (χ2n) is 6.34. The fourth-order valence-electron chi connectivity index (χ4n) is 2.37. The van der Waals surface area contributed by atoms with Crippen molar-refractivity contribution in [2.24, 2.45) is 11.3 Å². The third kappa shape index (κ3) is 3.71. The number of rotatable bonds is 6. The van der Waals surface area contributed by atoms with Gasteiger partial charge in [0.15, 0.2) is 0 Å². The molecular weight excluding hydrogens is 274 g/mol. The molecule has 2 rings (SSSR count). The minimum Gasteiger partial charge on any atom is -0.380 e. The number of nitrogens with one attached hydrogen (secondary N) is 2. The van der Waals surface area contributed by atoms with Crippen LogP contribution in [0.5, 0.6) is 0 Å². The van der Waals surface area contributed by atoms with Gasteiger partial charge in [-0.05, 0) is 36.3 Å². The third-order valence-electron chi connectivity index (χ3n) is 4.08. The van der Waals surface area contributed by atoms with Crippen LogP contribution in [0.15, 0.2) is 12.1 Å². The molecule has 0 saturated heterocycles. The number of carbonyl (C=O) groups is 1. The van der Waals surface area contributed by atoms with Crippen molar-refractivity contribution >= 4 is 11.6 Å². The summed E-state index contributed by atoms with van der Waals surface area (Å²) in [5, 5.41) is 5.43. The highest BCUT2D eigenvalue weighted by Gasteiger charge is 2.45. The van der Waals surface area contributed by atoms with Gasteiger partial charge in [0.1, 0.15) is 17.3 Å². The Balaban J connectivity index is 2.01. The van der Waals surface area contributed by atoms with E-state index in [9.17, 15) is 13.6 Å². The molecule has 1 aliphatic carbocycles. The van der Waals surface area contributed by atoms with Gasteiger partial charge >= 0.3 is 0 Å². The fourth-order valence-corrected chi connectivity index (χ4v) is 2.37.